The molecule has 2 N–H and O–H groups in total. The van der Waals surface area contributed by atoms with Crippen LogP contribution in [0.5, 0.6) is 0 Å². The van der Waals surface area contributed by atoms with Crippen molar-refractivity contribution in [3.8, 4) is 0 Å². The molecule has 1 aromatic heterocycles. The van der Waals surface area contributed by atoms with Gasteiger partial charge in [0.15, 0.2) is 0 Å². The summed E-state index contributed by atoms with van der Waals surface area (Å²) in [6, 6.07) is 5.09. The van der Waals surface area contributed by atoms with Crippen molar-refractivity contribution < 1.29 is 8.78 Å². The molecule has 0 bridgehead atoms. The van der Waals surface area contributed by atoms with Gasteiger partial charge in [-0.15, -0.1) is 0 Å². The second kappa shape index (κ2) is 4.89. The van der Waals surface area contributed by atoms with Gasteiger partial charge in [0.2, 0.25) is 0 Å². The summed E-state index contributed by atoms with van der Waals surface area (Å²) in [4.78, 5) is 3.69. The quantitative estimate of drug-likeness (QED) is 0.925. The maximum atomic E-state index is 13.7. The van der Waals surface area contributed by atoms with Gasteiger partial charge < -0.3 is 5.73 Å². The van der Waals surface area contributed by atoms with Crippen molar-refractivity contribution in [2.24, 2.45) is 5.73 Å². The molecule has 2 aromatic rings. The maximum Gasteiger partial charge on any atom is 0.141 e. The molecule has 0 amide bonds. The molecule has 0 spiro atoms. The molecule has 1 aromatic carbocycles. The van der Waals surface area contributed by atoms with Crippen LogP contribution in [-0.4, -0.2) is 4.98 Å². The Morgan fingerprint density at radius 3 is 2.59 bits per heavy atom. The van der Waals surface area contributed by atoms with Crippen LogP contribution < -0.4 is 5.73 Å². The number of benzene rings is 1. The van der Waals surface area contributed by atoms with E-state index in [9.17, 15) is 8.78 Å². The van der Waals surface area contributed by atoms with Crippen LogP contribution >= 0.6 is 15.9 Å². The number of hydrogen-bond acceptors (Lipinski definition) is 2. The molecule has 1 unspecified atom stereocenters. The molecular weight excluding hydrogens is 290 g/mol. The Labute approximate surface area is 106 Å². The van der Waals surface area contributed by atoms with E-state index in [2.05, 4.69) is 20.9 Å². The number of hydrogen-bond donors (Lipinski definition) is 1. The predicted octanol–water partition coefficient (Wildman–Crippen LogP) is 3.17. The highest BCUT2D eigenvalue weighted by molar-refractivity contribution is 9.10. The normalized spacial score (nSPS) is 12.5. The first-order valence-corrected chi connectivity index (χ1v) is 5.68. The molecule has 2 rings (SSSR count). The molecular formula is C12H9BrF2N2. The zero-order valence-electron chi connectivity index (χ0n) is 8.70. The lowest BCUT2D eigenvalue weighted by atomic mass is 10.0. The summed E-state index contributed by atoms with van der Waals surface area (Å²) >= 11 is 3.16. The summed E-state index contributed by atoms with van der Waals surface area (Å²) < 4.78 is 27.3. The van der Waals surface area contributed by atoms with Crippen LogP contribution in [0.4, 0.5) is 8.78 Å². The van der Waals surface area contributed by atoms with Crippen molar-refractivity contribution in [3.05, 3.63) is 63.9 Å². The fourth-order valence-electron chi connectivity index (χ4n) is 1.53. The van der Waals surface area contributed by atoms with Gasteiger partial charge in [-0.2, -0.15) is 0 Å². The Balaban J connectivity index is 2.40. The Morgan fingerprint density at radius 2 is 1.94 bits per heavy atom. The highest BCUT2D eigenvalue weighted by Gasteiger charge is 2.14. The minimum absolute atomic E-state index is 0.306. The second-order valence-electron chi connectivity index (χ2n) is 3.58. The molecule has 0 saturated heterocycles. The Hall–Kier alpha value is -1.33. The molecule has 1 atom stereocenters. The number of aromatic nitrogens is 1. The lowest BCUT2D eigenvalue weighted by Crippen LogP contribution is -2.14. The summed E-state index contributed by atoms with van der Waals surface area (Å²) in [7, 11) is 0. The van der Waals surface area contributed by atoms with E-state index >= 15 is 0 Å². The Kier molecular flexibility index (Phi) is 3.49. The molecule has 2 nitrogen and oxygen atoms in total. The third-order valence-electron chi connectivity index (χ3n) is 2.38. The summed E-state index contributed by atoms with van der Waals surface area (Å²) in [6.07, 6.45) is 2.50. The first-order chi connectivity index (χ1) is 8.08. The van der Waals surface area contributed by atoms with E-state index in [1.165, 1.54) is 18.3 Å². The van der Waals surface area contributed by atoms with Crippen LogP contribution in [0.15, 0.2) is 41.1 Å². The van der Waals surface area contributed by atoms with Crippen molar-refractivity contribution in [1.82, 2.24) is 4.98 Å². The predicted molar refractivity (Wildman–Crippen MR) is 64.3 cm³/mol. The maximum absolute atomic E-state index is 13.7. The van der Waals surface area contributed by atoms with E-state index in [1.54, 1.807) is 12.1 Å². The monoisotopic (exact) mass is 298 g/mol. The number of nitrogens with zero attached hydrogens (tertiary/aromatic N) is 1. The van der Waals surface area contributed by atoms with Gasteiger partial charge in [-0.1, -0.05) is 22.0 Å². The zero-order chi connectivity index (χ0) is 12.4. The number of rotatable bonds is 2. The minimum Gasteiger partial charge on any atom is -0.320 e. The molecule has 0 aliphatic heterocycles. The average molecular weight is 299 g/mol. The molecule has 1 heterocycles. The fourth-order valence-corrected chi connectivity index (χ4v) is 1.86. The lowest BCUT2D eigenvalue weighted by Gasteiger charge is -2.13. The van der Waals surface area contributed by atoms with Gasteiger partial charge in [0.1, 0.15) is 11.6 Å². The first-order valence-electron chi connectivity index (χ1n) is 4.89. The molecule has 88 valence electrons. The fraction of sp³-hybridized carbons (Fsp3) is 0.0833. The van der Waals surface area contributed by atoms with Gasteiger partial charge in [-0.3, -0.25) is 4.98 Å². The molecule has 0 saturated carbocycles. The first kappa shape index (κ1) is 12.1. The number of halogens is 3. The lowest BCUT2D eigenvalue weighted by molar-refractivity contribution is 0.593. The molecule has 0 aliphatic carbocycles. The van der Waals surface area contributed by atoms with Crippen molar-refractivity contribution in [2.75, 3.05) is 0 Å². The van der Waals surface area contributed by atoms with Gasteiger partial charge >= 0.3 is 0 Å². The minimum atomic E-state index is -0.730. The average Bonchev–Trinajstić information content (AvgIpc) is 2.28. The third kappa shape index (κ3) is 2.68. The molecule has 17 heavy (non-hydrogen) atoms. The largest absolute Gasteiger partial charge is 0.320 e. The van der Waals surface area contributed by atoms with Crippen LogP contribution in [0.25, 0.3) is 0 Å². The van der Waals surface area contributed by atoms with E-state index in [4.69, 9.17) is 5.73 Å². The Bertz CT molecular complexity index is 546. The van der Waals surface area contributed by atoms with Gasteiger partial charge in [0.25, 0.3) is 0 Å². The summed E-state index contributed by atoms with van der Waals surface area (Å²) in [6.45, 7) is 0. The van der Waals surface area contributed by atoms with Gasteiger partial charge in [-0.05, 0) is 23.8 Å². The van der Waals surface area contributed by atoms with Crippen LogP contribution in [0.2, 0.25) is 0 Å². The SMILES string of the molecule is NC(c1cncc(F)c1)c1ccc(Br)cc1F. The van der Waals surface area contributed by atoms with Gasteiger partial charge in [0.05, 0.1) is 12.2 Å². The van der Waals surface area contributed by atoms with Crippen LogP contribution in [0.1, 0.15) is 17.2 Å². The highest BCUT2D eigenvalue weighted by Crippen LogP contribution is 2.24. The van der Waals surface area contributed by atoms with E-state index in [-0.39, 0.29) is 0 Å². The van der Waals surface area contributed by atoms with Crippen molar-refractivity contribution in [2.45, 2.75) is 6.04 Å². The number of pyridine rings is 1. The van der Waals surface area contributed by atoms with E-state index in [0.717, 1.165) is 6.20 Å². The standard InChI is InChI=1S/C12H9BrF2N2/c13-8-1-2-10(11(15)4-8)12(16)7-3-9(14)6-17-5-7/h1-6,12H,16H2. The van der Waals surface area contributed by atoms with Crippen molar-refractivity contribution in [1.29, 1.82) is 0 Å². The summed E-state index contributed by atoms with van der Waals surface area (Å²) in [5, 5.41) is 0. The van der Waals surface area contributed by atoms with E-state index < -0.39 is 17.7 Å². The van der Waals surface area contributed by atoms with Crippen LogP contribution in [0.3, 0.4) is 0 Å². The number of nitrogens with two attached hydrogens (primary N) is 1. The zero-order valence-corrected chi connectivity index (χ0v) is 10.3. The topological polar surface area (TPSA) is 38.9 Å². The molecule has 5 heteroatoms. The second-order valence-corrected chi connectivity index (χ2v) is 4.50. The third-order valence-corrected chi connectivity index (χ3v) is 2.88. The van der Waals surface area contributed by atoms with Crippen LogP contribution in [0, 0.1) is 11.6 Å². The molecule has 0 radical (unpaired) electrons. The van der Waals surface area contributed by atoms with Crippen molar-refractivity contribution in [3.63, 3.8) is 0 Å². The summed E-state index contributed by atoms with van der Waals surface area (Å²) in [5.41, 5.74) is 6.62. The highest BCUT2D eigenvalue weighted by atomic mass is 79.9. The van der Waals surface area contributed by atoms with E-state index in [1.807, 2.05) is 0 Å². The van der Waals surface area contributed by atoms with Gasteiger partial charge in [-0.25, -0.2) is 8.78 Å². The van der Waals surface area contributed by atoms with Gasteiger partial charge in [0, 0.05) is 16.2 Å². The molecule has 0 aliphatic rings. The molecule has 0 fully saturated rings. The van der Waals surface area contributed by atoms with Crippen molar-refractivity contribution >= 4 is 15.9 Å². The summed E-state index contributed by atoms with van der Waals surface area (Å²) in [5.74, 6) is -0.924. The smallest absolute Gasteiger partial charge is 0.141 e. The Morgan fingerprint density at radius 1 is 1.18 bits per heavy atom. The van der Waals surface area contributed by atoms with E-state index in [0.29, 0.717) is 15.6 Å². The van der Waals surface area contributed by atoms with Crippen LogP contribution in [-0.2, 0) is 0 Å².